The average molecular weight is 199 g/mol. The lowest BCUT2D eigenvalue weighted by atomic mass is 10.1. The summed E-state index contributed by atoms with van der Waals surface area (Å²) in [5.41, 5.74) is 12.1. The largest absolute Gasteiger partial charge is 0.398 e. The van der Waals surface area contributed by atoms with Crippen molar-refractivity contribution in [1.82, 2.24) is 0 Å². The number of halogens is 1. The van der Waals surface area contributed by atoms with Crippen LogP contribution in [0, 0.1) is 0 Å². The molecule has 0 aliphatic rings. The summed E-state index contributed by atoms with van der Waals surface area (Å²) in [5, 5.41) is 0.530. The van der Waals surface area contributed by atoms with Gasteiger partial charge in [0.1, 0.15) is 0 Å². The van der Waals surface area contributed by atoms with E-state index >= 15 is 0 Å². The van der Waals surface area contributed by atoms with Gasteiger partial charge in [0, 0.05) is 6.42 Å². The normalized spacial score (nSPS) is 9.92. The van der Waals surface area contributed by atoms with Gasteiger partial charge in [-0.1, -0.05) is 17.7 Å². The van der Waals surface area contributed by atoms with Gasteiger partial charge in [-0.15, -0.1) is 0 Å². The third-order valence-corrected chi connectivity index (χ3v) is 2.06. The molecule has 0 spiro atoms. The molecule has 1 aromatic carbocycles. The van der Waals surface area contributed by atoms with Crippen LogP contribution in [0.5, 0.6) is 0 Å². The van der Waals surface area contributed by atoms with Crippen LogP contribution in [0.2, 0.25) is 5.02 Å². The molecule has 1 amide bonds. The van der Waals surface area contributed by atoms with Crippen molar-refractivity contribution in [2.75, 3.05) is 5.73 Å². The zero-order valence-corrected chi connectivity index (χ0v) is 7.84. The number of hydrogen-bond donors (Lipinski definition) is 2. The molecule has 1 aromatic rings. The van der Waals surface area contributed by atoms with Crippen LogP contribution in [0.1, 0.15) is 12.0 Å². The lowest BCUT2D eigenvalue weighted by Gasteiger charge is -2.02. The summed E-state index contributed by atoms with van der Waals surface area (Å²) in [6.07, 6.45) is 0.942. The van der Waals surface area contributed by atoms with E-state index in [2.05, 4.69) is 0 Å². The fraction of sp³-hybridized carbons (Fsp3) is 0.222. The van der Waals surface area contributed by atoms with E-state index in [-0.39, 0.29) is 5.91 Å². The third kappa shape index (κ3) is 2.95. The number of benzene rings is 1. The number of hydrogen-bond acceptors (Lipinski definition) is 2. The molecule has 4 N–H and O–H groups in total. The smallest absolute Gasteiger partial charge is 0.217 e. The summed E-state index contributed by atoms with van der Waals surface area (Å²) >= 11 is 5.73. The van der Waals surface area contributed by atoms with Gasteiger partial charge in [-0.25, -0.2) is 0 Å². The van der Waals surface area contributed by atoms with Gasteiger partial charge in [0.25, 0.3) is 0 Å². The molecule has 4 heteroatoms. The predicted molar refractivity (Wildman–Crippen MR) is 53.4 cm³/mol. The Morgan fingerprint density at radius 1 is 1.46 bits per heavy atom. The van der Waals surface area contributed by atoms with Gasteiger partial charge in [0.05, 0.1) is 10.7 Å². The second-order valence-corrected chi connectivity index (χ2v) is 3.23. The fourth-order valence-electron chi connectivity index (χ4n) is 1.02. The molecular weight excluding hydrogens is 188 g/mol. The van der Waals surface area contributed by atoms with Gasteiger partial charge in [-0.05, 0) is 24.1 Å². The van der Waals surface area contributed by atoms with Crippen molar-refractivity contribution < 1.29 is 4.79 Å². The summed E-state index contributed by atoms with van der Waals surface area (Å²) in [6, 6.07) is 5.31. The van der Waals surface area contributed by atoms with Crippen LogP contribution in [0.3, 0.4) is 0 Å². The summed E-state index contributed by atoms with van der Waals surface area (Å²) in [7, 11) is 0. The molecular formula is C9H11ClN2O. The molecule has 0 atom stereocenters. The first-order chi connectivity index (χ1) is 6.09. The summed E-state index contributed by atoms with van der Waals surface area (Å²) in [4.78, 5) is 10.5. The standard InChI is InChI=1S/C9H11ClN2O/c10-7-3-1-6(5-8(7)11)2-4-9(12)13/h1,3,5H,2,4,11H2,(H2,12,13). The lowest BCUT2D eigenvalue weighted by molar-refractivity contribution is -0.117. The monoisotopic (exact) mass is 198 g/mol. The number of anilines is 1. The Balaban J connectivity index is 2.68. The molecule has 0 fully saturated rings. The maximum absolute atomic E-state index is 10.5. The van der Waals surface area contributed by atoms with Crippen LogP contribution in [0.15, 0.2) is 18.2 Å². The molecule has 0 saturated carbocycles. The zero-order chi connectivity index (χ0) is 9.84. The molecule has 0 radical (unpaired) electrons. The summed E-state index contributed by atoms with van der Waals surface area (Å²) in [5.74, 6) is -0.312. The Morgan fingerprint density at radius 3 is 2.69 bits per heavy atom. The molecule has 1 rings (SSSR count). The third-order valence-electron chi connectivity index (χ3n) is 1.72. The lowest BCUT2D eigenvalue weighted by Crippen LogP contribution is -2.11. The van der Waals surface area contributed by atoms with Crippen LogP contribution in [0.4, 0.5) is 5.69 Å². The van der Waals surface area contributed by atoms with E-state index in [0.29, 0.717) is 23.6 Å². The van der Waals surface area contributed by atoms with Crippen LogP contribution < -0.4 is 11.5 Å². The highest BCUT2D eigenvalue weighted by Gasteiger charge is 2.00. The van der Waals surface area contributed by atoms with Gasteiger partial charge in [-0.3, -0.25) is 4.79 Å². The maximum Gasteiger partial charge on any atom is 0.217 e. The highest BCUT2D eigenvalue weighted by atomic mass is 35.5. The van der Waals surface area contributed by atoms with Gasteiger partial charge in [-0.2, -0.15) is 0 Å². The second kappa shape index (κ2) is 4.14. The Kier molecular flexibility index (Phi) is 3.14. The van der Waals surface area contributed by atoms with E-state index in [1.165, 1.54) is 0 Å². The van der Waals surface area contributed by atoms with E-state index < -0.39 is 0 Å². The van der Waals surface area contributed by atoms with E-state index in [0.717, 1.165) is 5.56 Å². The molecule has 3 nitrogen and oxygen atoms in total. The maximum atomic E-state index is 10.5. The number of nitrogens with two attached hydrogens (primary N) is 2. The van der Waals surface area contributed by atoms with Gasteiger partial charge in [0.15, 0.2) is 0 Å². The van der Waals surface area contributed by atoms with Crippen molar-refractivity contribution in [3.8, 4) is 0 Å². The summed E-state index contributed by atoms with van der Waals surface area (Å²) < 4.78 is 0. The number of rotatable bonds is 3. The molecule has 0 heterocycles. The SMILES string of the molecule is NC(=O)CCc1ccc(Cl)c(N)c1. The van der Waals surface area contributed by atoms with Crippen molar-refractivity contribution in [3.63, 3.8) is 0 Å². The van der Waals surface area contributed by atoms with E-state index in [4.69, 9.17) is 23.1 Å². The number of primary amides is 1. The van der Waals surface area contributed by atoms with Gasteiger partial charge >= 0.3 is 0 Å². The first-order valence-corrected chi connectivity index (χ1v) is 4.29. The molecule has 70 valence electrons. The molecule has 0 aliphatic heterocycles. The topological polar surface area (TPSA) is 69.1 Å². The number of carbonyl (C=O) groups is 1. The molecule has 0 saturated heterocycles. The number of aryl methyl sites for hydroxylation is 1. The van der Waals surface area contributed by atoms with E-state index in [1.54, 1.807) is 12.1 Å². The predicted octanol–water partition coefficient (Wildman–Crippen LogP) is 1.34. The molecule has 0 aliphatic carbocycles. The highest BCUT2D eigenvalue weighted by molar-refractivity contribution is 6.33. The molecule has 13 heavy (non-hydrogen) atoms. The first kappa shape index (κ1) is 9.86. The Hall–Kier alpha value is -1.22. The van der Waals surface area contributed by atoms with Crippen molar-refractivity contribution in [1.29, 1.82) is 0 Å². The minimum absolute atomic E-state index is 0.312. The summed E-state index contributed by atoms with van der Waals surface area (Å²) in [6.45, 7) is 0. The molecule has 0 aromatic heterocycles. The van der Waals surface area contributed by atoms with E-state index in [9.17, 15) is 4.79 Å². The van der Waals surface area contributed by atoms with Crippen molar-refractivity contribution in [3.05, 3.63) is 28.8 Å². The minimum Gasteiger partial charge on any atom is -0.398 e. The van der Waals surface area contributed by atoms with Crippen molar-refractivity contribution in [2.24, 2.45) is 5.73 Å². The first-order valence-electron chi connectivity index (χ1n) is 3.92. The van der Waals surface area contributed by atoms with Crippen molar-refractivity contribution >= 4 is 23.2 Å². The number of amides is 1. The Bertz CT molecular complexity index is 325. The average Bonchev–Trinajstić information content (AvgIpc) is 2.07. The van der Waals surface area contributed by atoms with Crippen molar-refractivity contribution in [2.45, 2.75) is 12.8 Å². The number of carbonyl (C=O) groups excluding carboxylic acids is 1. The van der Waals surface area contributed by atoms with Crippen LogP contribution in [0.25, 0.3) is 0 Å². The van der Waals surface area contributed by atoms with Gasteiger partial charge < -0.3 is 11.5 Å². The molecule has 0 bridgehead atoms. The van der Waals surface area contributed by atoms with Crippen LogP contribution >= 0.6 is 11.6 Å². The minimum atomic E-state index is -0.312. The van der Waals surface area contributed by atoms with E-state index in [1.807, 2.05) is 6.07 Å². The Labute approximate surface area is 81.7 Å². The second-order valence-electron chi connectivity index (χ2n) is 2.82. The van der Waals surface area contributed by atoms with Crippen LogP contribution in [-0.2, 0) is 11.2 Å². The van der Waals surface area contributed by atoms with Gasteiger partial charge in [0.2, 0.25) is 5.91 Å². The Morgan fingerprint density at radius 2 is 2.15 bits per heavy atom. The quantitative estimate of drug-likeness (QED) is 0.720. The fourth-order valence-corrected chi connectivity index (χ4v) is 1.13. The van der Waals surface area contributed by atoms with Crippen LogP contribution in [-0.4, -0.2) is 5.91 Å². The zero-order valence-electron chi connectivity index (χ0n) is 7.09. The molecule has 0 unspecified atom stereocenters. The number of nitrogen functional groups attached to an aromatic ring is 1. The highest BCUT2D eigenvalue weighted by Crippen LogP contribution is 2.19.